The monoisotopic (exact) mass is 102 g/mol. The Morgan fingerprint density at radius 2 is 1.71 bits per heavy atom. The first-order valence-corrected chi connectivity index (χ1v) is 2.83. The molecule has 0 amide bonds. The van der Waals surface area contributed by atoms with E-state index in [2.05, 4.69) is 13.8 Å². The lowest BCUT2D eigenvalue weighted by Crippen LogP contribution is -2.05. The molecule has 0 radical (unpaired) electrons. The fourth-order valence-corrected chi connectivity index (χ4v) is 0.250. The Morgan fingerprint density at radius 1 is 1.29 bits per heavy atom. The number of hydrogen-bond donors (Lipinski definition) is 0. The second-order valence-electron chi connectivity index (χ2n) is 2.21. The molecule has 0 bridgehead atoms. The van der Waals surface area contributed by atoms with E-state index in [1.807, 2.05) is 0 Å². The summed E-state index contributed by atoms with van der Waals surface area (Å²) in [5, 5.41) is 0. The molecule has 0 fully saturated rings. The van der Waals surface area contributed by atoms with E-state index < -0.39 is 0 Å². The van der Waals surface area contributed by atoms with Crippen LogP contribution in [0.25, 0.3) is 0 Å². The minimum absolute atomic E-state index is 0. The van der Waals surface area contributed by atoms with Gasteiger partial charge in [0.05, 0.1) is 0 Å². The van der Waals surface area contributed by atoms with Crippen LogP contribution in [0.15, 0.2) is 0 Å². The van der Waals surface area contributed by atoms with Gasteiger partial charge in [-0.2, -0.15) is 0 Å². The molecule has 0 aromatic heterocycles. The van der Waals surface area contributed by atoms with Crippen molar-refractivity contribution in [2.45, 2.75) is 40.5 Å². The maximum Gasteiger partial charge on any atom is 0.0236 e. The fraction of sp³-hybridized carbons (Fsp3) is 1.00. The highest BCUT2D eigenvalue weighted by molar-refractivity contribution is 4.61. The van der Waals surface area contributed by atoms with Crippen molar-refractivity contribution in [1.29, 1.82) is 0 Å². The van der Waals surface area contributed by atoms with Gasteiger partial charge in [-0.15, -0.1) is 0 Å². The smallest absolute Gasteiger partial charge is 0.0236 e. The molecule has 0 spiro atoms. The zero-order valence-electron chi connectivity index (χ0n) is 7.33. The Hall–Kier alpha value is 0. The number of rotatable bonds is 2. The van der Waals surface area contributed by atoms with Gasteiger partial charge in [0, 0.05) is 2.74 Å². The van der Waals surface area contributed by atoms with E-state index >= 15 is 0 Å². The van der Waals surface area contributed by atoms with Crippen LogP contribution < -0.4 is 0 Å². The average Bonchev–Trinajstić information content (AvgIpc) is 1.95. The molecule has 0 rings (SSSR count). The Balaban J connectivity index is 3.82. The van der Waals surface area contributed by atoms with Crippen molar-refractivity contribution >= 4 is 0 Å². The Bertz CT molecular complexity index is 49.8. The number of hydrogen-bond acceptors (Lipinski definition) is 0. The summed E-state index contributed by atoms with van der Waals surface area (Å²) in [6.45, 7) is 4.94. The Kier molecular flexibility index (Phi) is 1.32. The first kappa shape index (κ1) is 3.94. The van der Waals surface area contributed by atoms with Crippen molar-refractivity contribution < 1.29 is 2.74 Å². The van der Waals surface area contributed by atoms with Crippen LogP contribution in [0.3, 0.4) is 0 Å². The van der Waals surface area contributed by atoms with Gasteiger partial charge in [-0.25, -0.2) is 0 Å². The molecule has 0 aliphatic heterocycles. The molecule has 44 valence electrons. The highest BCUT2D eigenvalue weighted by Crippen LogP contribution is 2.22. The third kappa shape index (κ3) is 2.67. The van der Waals surface area contributed by atoms with Gasteiger partial charge in [-0.3, -0.25) is 0 Å². The van der Waals surface area contributed by atoms with E-state index in [0.717, 1.165) is 12.8 Å². The highest BCUT2D eigenvalue weighted by atomic mass is 14.1. The predicted molar refractivity (Wildman–Crippen MR) is 34.4 cm³/mol. The average molecular weight is 102 g/mol. The molecule has 0 aromatic carbocycles. The molecule has 0 heteroatoms. The van der Waals surface area contributed by atoms with Crippen LogP contribution in [0.1, 0.15) is 43.2 Å². The van der Waals surface area contributed by atoms with Crippen LogP contribution >= 0.6 is 0 Å². The van der Waals surface area contributed by atoms with Gasteiger partial charge in [-0.05, 0) is 5.41 Å². The summed E-state index contributed by atoms with van der Waals surface area (Å²) in [4.78, 5) is 0. The quantitative estimate of drug-likeness (QED) is 0.503. The summed E-state index contributed by atoms with van der Waals surface area (Å²) in [5.74, 6) is 0. The van der Waals surface area contributed by atoms with Gasteiger partial charge in [0.25, 0.3) is 0 Å². The van der Waals surface area contributed by atoms with Crippen molar-refractivity contribution in [2.24, 2.45) is 5.41 Å². The Labute approximate surface area is 49.7 Å². The molecule has 0 aromatic rings. The predicted octanol–water partition coefficient (Wildman–Crippen LogP) is 2.83. The van der Waals surface area contributed by atoms with Crippen molar-refractivity contribution in [3.8, 4) is 0 Å². The van der Waals surface area contributed by atoms with Gasteiger partial charge in [-0.1, -0.05) is 40.5 Å². The summed E-state index contributed by atoms with van der Waals surface area (Å²) >= 11 is 0. The van der Waals surface area contributed by atoms with E-state index in [0.29, 0.717) is 13.8 Å². The third-order valence-corrected chi connectivity index (χ3v) is 1.50. The van der Waals surface area contributed by atoms with E-state index in [9.17, 15) is 0 Å². The van der Waals surface area contributed by atoms with Crippen molar-refractivity contribution in [3.63, 3.8) is 0 Å². The molecule has 0 aliphatic carbocycles. The van der Waals surface area contributed by atoms with Crippen molar-refractivity contribution in [3.05, 3.63) is 0 Å². The lowest BCUT2D eigenvalue weighted by molar-refractivity contribution is 0.338. The second-order valence-corrected chi connectivity index (χ2v) is 2.21. The van der Waals surface area contributed by atoms with Crippen LogP contribution in [0, 0.1) is 5.41 Å². The lowest BCUT2D eigenvalue weighted by atomic mass is 9.88. The van der Waals surface area contributed by atoms with Gasteiger partial charge in [0.2, 0.25) is 0 Å². The summed E-state index contributed by atoms with van der Waals surface area (Å²) in [7, 11) is 0. The topological polar surface area (TPSA) is 0 Å². The van der Waals surface area contributed by atoms with Crippen LogP contribution in [0.2, 0.25) is 0 Å². The molecule has 0 unspecified atom stereocenters. The maximum atomic E-state index is 7.19. The molecule has 0 atom stereocenters. The van der Waals surface area contributed by atoms with Crippen LogP contribution in [0.5, 0.6) is 0 Å². The van der Waals surface area contributed by atoms with Gasteiger partial charge in [0.15, 0.2) is 0 Å². The third-order valence-electron chi connectivity index (χ3n) is 1.50. The molecule has 0 nitrogen and oxygen atoms in total. The van der Waals surface area contributed by atoms with E-state index in [1.54, 1.807) is 0 Å². The zero-order chi connectivity index (χ0) is 7.33. The zero-order valence-corrected chi connectivity index (χ0v) is 5.33. The molecule has 0 N–H and O–H groups in total. The summed E-state index contributed by atoms with van der Waals surface area (Å²) < 4.78 is 14.4. The largest absolute Gasteiger partial charge is 0.0649 e. The van der Waals surface area contributed by atoms with Gasteiger partial charge < -0.3 is 0 Å². The molecule has 0 heterocycles. The molecular formula is C7H16. The minimum atomic E-state index is 0. The normalized spacial score (nSPS) is 15.7. The van der Waals surface area contributed by atoms with Crippen LogP contribution in [-0.4, -0.2) is 0 Å². The summed E-state index contributed by atoms with van der Waals surface area (Å²) in [6.07, 6.45) is 1.94. The van der Waals surface area contributed by atoms with Crippen molar-refractivity contribution in [1.82, 2.24) is 0 Å². The first-order chi connectivity index (χ1) is 4.24. The van der Waals surface area contributed by atoms with E-state index in [4.69, 9.17) is 2.74 Å². The maximum absolute atomic E-state index is 7.19. The van der Waals surface area contributed by atoms with Crippen LogP contribution in [-0.2, 0) is 0 Å². The van der Waals surface area contributed by atoms with E-state index in [-0.39, 0.29) is 5.41 Å². The molecule has 0 saturated carbocycles. The highest BCUT2D eigenvalue weighted by Gasteiger charge is 2.09. The second kappa shape index (κ2) is 2.34. The standard InChI is InChI=1S/C7H16/c1-5-7(3,4)6-2/h5-6H2,1-4H3/i3D,4D. The molecule has 0 saturated heterocycles. The molecular weight excluding hydrogens is 84.1 g/mol. The van der Waals surface area contributed by atoms with Crippen molar-refractivity contribution in [2.75, 3.05) is 0 Å². The SMILES string of the molecule is [2H]CC(C[2H])(CC)CC. The molecule has 7 heavy (non-hydrogen) atoms. The summed E-state index contributed by atoms with van der Waals surface area (Å²) in [6, 6.07) is 0. The van der Waals surface area contributed by atoms with Crippen LogP contribution in [0.4, 0.5) is 0 Å². The van der Waals surface area contributed by atoms with Gasteiger partial charge in [0.1, 0.15) is 0 Å². The van der Waals surface area contributed by atoms with E-state index in [1.165, 1.54) is 0 Å². The molecule has 0 aliphatic rings. The summed E-state index contributed by atoms with van der Waals surface area (Å²) in [5.41, 5.74) is 0. The minimum Gasteiger partial charge on any atom is -0.0649 e. The Morgan fingerprint density at radius 3 is 1.71 bits per heavy atom. The fourth-order valence-electron chi connectivity index (χ4n) is 0.250. The van der Waals surface area contributed by atoms with Gasteiger partial charge >= 0.3 is 0 Å². The first-order valence-electron chi connectivity index (χ1n) is 4.24. The lowest BCUT2D eigenvalue weighted by Gasteiger charge is -2.18.